The largest absolute Gasteiger partial charge is 0.265 e. The number of hydrogen-bond donors (Lipinski definition) is 0. The van der Waals surface area contributed by atoms with E-state index in [-0.39, 0.29) is 0 Å². The van der Waals surface area contributed by atoms with E-state index in [1.807, 2.05) is 24.8 Å². The second-order valence-electron chi connectivity index (χ2n) is 8.49. The van der Waals surface area contributed by atoms with Crippen LogP contribution < -0.4 is 0 Å². The predicted molar refractivity (Wildman–Crippen MR) is 122 cm³/mol. The summed E-state index contributed by atoms with van der Waals surface area (Å²) in [5.41, 5.74) is 8.15. The summed E-state index contributed by atoms with van der Waals surface area (Å²) in [7, 11) is 0. The molecule has 5 rings (SSSR count). The first-order chi connectivity index (χ1) is 14.7. The lowest BCUT2D eigenvalue weighted by molar-refractivity contribution is 0.228. The van der Waals surface area contributed by atoms with Crippen LogP contribution in [0.1, 0.15) is 57.1 Å². The molecule has 0 amide bonds. The molecule has 4 aromatic rings. The van der Waals surface area contributed by atoms with Crippen LogP contribution in [0.15, 0.2) is 97.6 Å². The molecule has 2 aromatic heterocycles. The summed E-state index contributed by atoms with van der Waals surface area (Å²) in [6.45, 7) is 4.31. The number of pyridine rings is 2. The molecular weight excluding hydrogens is 364 g/mol. The SMILES string of the molecule is Cc1ccc(C2C(c3ccncc3)C(c3ccc(C)cc3)C2c2ccncc2)cc1. The third-order valence-electron chi connectivity index (χ3n) is 6.65. The molecular formula is C28H26N2. The molecule has 0 unspecified atom stereocenters. The number of aromatic nitrogens is 2. The Labute approximate surface area is 178 Å². The first kappa shape index (κ1) is 18.7. The van der Waals surface area contributed by atoms with E-state index in [9.17, 15) is 0 Å². The molecule has 30 heavy (non-hydrogen) atoms. The van der Waals surface area contributed by atoms with Crippen molar-refractivity contribution in [2.45, 2.75) is 37.5 Å². The van der Waals surface area contributed by atoms with Gasteiger partial charge in [0.2, 0.25) is 0 Å². The highest BCUT2D eigenvalue weighted by Crippen LogP contribution is 2.66. The molecule has 2 heterocycles. The average molecular weight is 391 g/mol. The normalized spacial score (nSPS) is 23.0. The maximum Gasteiger partial charge on any atom is 0.0270 e. The first-order valence-electron chi connectivity index (χ1n) is 10.7. The topological polar surface area (TPSA) is 25.8 Å². The maximum absolute atomic E-state index is 4.27. The predicted octanol–water partition coefficient (Wildman–Crippen LogP) is 6.54. The zero-order valence-electron chi connectivity index (χ0n) is 17.4. The minimum Gasteiger partial charge on any atom is -0.265 e. The van der Waals surface area contributed by atoms with Gasteiger partial charge in [-0.1, -0.05) is 59.7 Å². The molecule has 0 spiro atoms. The molecule has 1 fully saturated rings. The Morgan fingerprint density at radius 1 is 0.400 bits per heavy atom. The Kier molecular flexibility index (Phi) is 4.92. The van der Waals surface area contributed by atoms with Crippen LogP contribution in [0, 0.1) is 13.8 Å². The summed E-state index contributed by atoms with van der Waals surface area (Å²) in [6.07, 6.45) is 7.70. The third kappa shape index (κ3) is 3.33. The van der Waals surface area contributed by atoms with Crippen molar-refractivity contribution in [2.75, 3.05) is 0 Å². The standard InChI is InChI=1S/C28H26N2/c1-19-3-7-21(8-4-19)25-27(23-11-15-29-16-12-23)26(22-9-5-20(2)6-10-22)28(25)24-13-17-30-18-14-24/h3-18,25-28H,1-2H3. The fraction of sp³-hybridized carbons (Fsp3) is 0.214. The van der Waals surface area contributed by atoms with Crippen molar-refractivity contribution < 1.29 is 0 Å². The number of nitrogens with zero attached hydrogens (tertiary/aromatic N) is 2. The van der Waals surface area contributed by atoms with Gasteiger partial charge in [0.15, 0.2) is 0 Å². The zero-order valence-corrected chi connectivity index (χ0v) is 17.4. The molecule has 1 saturated carbocycles. The highest BCUT2D eigenvalue weighted by atomic mass is 14.6. The van der Waals surface area contributed by atoms with Gasteiger partial charge in [0, 0.05) is 24.8 Å². The van der Waals surface area contributed by atoms with Crippen LogP contribution >= 0.6 is 0 Å². The second-order valence-corrected chi connectivity index (χ2v) is 8.49. The fourth-order valence-electron chi connectivity index (χ4n) is 5.16. The molecule has 2 aromatic carbocycles. The molecule has 0 aliphatic heterocycles. The van der Waals surface area contributed by atoms with Crippen molar-refractivity contribution in [1.29, 1.82) is 0 Å². The number of benzene rings is 2. The lowest BCUT2D eigenvalue weighted by atomic mass is 9.49. The Morgan fingerprint density at radius 3 is 0.967 bits per heavy atom. The van der Waals surface area contributed by atoms with Crippen molar-refractivity contribution in [2.24, 2.45) is 0 Å². The van der Waals surface area contributed by atoms with Crippen LogP contribution in [0.2, 0.25) is 0 Å². The van der Waals surface area contributed by atoms with Crippen LogP contribution in [0.4, 0.5) is 0 Å². The summed E-state index contributed by atoms with van der Waals surface area (Å²) in [4.78, 5) is 8.55. The quantitative estimate of drug-likeness (QED) is 0.395. The Morgan fingerprint density at radius 2 is 0.667 bits per heavy atom. The average Bonchev–Trinajstić information content (AvgIpc) is 2.77. The zero-order chi connectivity index (χ0) is 20.5. The lowest BCUT2D eigenvalue weighted by Gasteiger charge is -2.53. The van der Waals surface area contributed by atoms with E-state index < -0.39 is 0 Å². The van der Waals surface area contributed by atoms with E-state index in [2.05, 4.69) is 96.6 Å². The van der Waals surface area contributed by atoms with E-state index in [0.29, 0.717) is 23.7 Å². The van der Waals surface area contributed by atoms with Gasteiger partial charge in [0.05, 0.1) is 0 Å². The summed E-state index contributed by atoms with van der Waals surface area (Å²) in [5, 5.41) is 0. The lowest BCUT2D eigenvalue weighted by Crippen LogP contribution is -2.40. The van der Waals surface area contributed by atoms with E-state index >= 15 is 0 Å². The molecule has 148 valence electrons. The molecule has 2 nitrogen and oxygen atoms in total. The monoisotopic (exact) mass is 390 g/mol. The Hall–Kier alpha value is -3.26. The van der Waals surface area contributed by atoms with Crippen LogP contribution in [-0.4, -0.2) is 9.97 Å². The molecule has 1 aliphatic carbocycles. The first-order valence-corrected chi connectivity index (χ1v) is 10.7. The number of hydrogen-bond acceptors (Lipinski definition) is 2. The Balaban J connectivity index is 1.67. The number of rotatable bonds is 4. The van der Waals surface area contributed by atoms with Crippen LogP contribution in [0.25, 0.3) is 0 Å². The van der Waals surface area contributed by atoms with E-state index in [4.69, 9.17) is 0 Å². The minimum atomic E-state index is 0.413. The third-order valence-corrected chi connectivity index (χ3v) is 6.65. The molecule has 1 aliphatic rings. The van der Waals surface area contributed by atoms with Gasteiger partial charge in [-0.2, -0.15) is 0 Å². The molecule has 0 N–H and O–H groups in total. The van der Waals surface area contributed by atoms with Crippen LogP contribution in [-0.2, 0) is 0 Å². The molecule has 0 radical (unpaired) electrons. The van der Waals surface area contributed by atoms with Gasteiger partial charge in [-0.05, 0) is 84.0 Å². The van der Waals surface area contributed by atoms with Gasteiger partial charge in [-0.15, -0.1) is 0 Å². The van der Waals surface area contributed by atoms with Gasteiger partial charge >= 0.3 is 0 Å². The molecule has 0 saturated heterocycles. The van der Waals surface area contributed by atoms with Gasteiger partial charge in [0.1, 0.15) is 0 Å². The van der Waals surface area contributed by atoms with Crippen molar-refractivity contribution in [1.82, 2.24) is 9.97 Å². The van der Waals surface area contributed by atoms with E-state index in [0.717, 1.165) is 0 Å². The van der Waals surface area contributed by atoms with Gasteiger partial charge in [0.25, 0.3) is 0 Å². The fourth-order valence-corrected chi connectivity index (χ4v) is 5.16. The van der Waals surface area contributed by atoms with E-state index in [1.54, 1.807) is 0 Å². The van der Waals surface area contributed by atoms with Gasteiger partial charge < -0.3 is 0 Å². The van der Waals surface area contributed by atoms with Crippen molar-refractivity contribution in [3.63, 3.8) is 0 Å². The second kappa shape index (κ2) is 7.87. The van der Waals surface area contributed by atoms with Crippen molar-refractivity contribution in [3.05, 3.63) is 131 Å². The smallest absolute Gasteiger partial charge is 0.0270 e. The maximum atomic E-state index is 4.27. The van der Waals surface area contributed by atoms with Crippen molar-refractivity contribution in [3.8, 4) is 0 Å². The molecule has 0 bridgehead atoms. The Bertz CT molecular complexity index is 1000. The molecule has 0 atom stereocenters. The van der Waals surface area contributed by atoms with Crippen LogP contribution in [0.3, 0.4) is 0 Å². The molecule has 2 heteroatoms. The highest BCUT2D eigenvalue weighted by Gasteiger charge is 2.52. The van der Waals surface area contributed by atoms with Crippen molar-refractivity contribution >= 4 is 0 Å². The summed E-state index contributed by atoms with van der Waals surface area (Å²) in [6, 6.07) is 27.0. The minimum absolute atomic E-state index is 0.413. The number of aryl methyl sites for hydroxylation is 2. The summed E-state index contributed by atoms with van der Waals surface area (Å²) >= 11 is 0. The highest BCUT2D eigenvalue weighted by molar-refractivity contribution is 5.48. The van der Waals surface area contributed by atoms with Gasteiger partial charge in [-0.3, -0.25) is 9.97 Å². The van der Waals surface area contributed by atoms with Gasteiger partial charge in [-0.25, -0.2) is 0 Å². The summed E-state index contributed by atoms with van der Waals surface area (Å²) in [5.74, 6) is 1.66. The van der Waals surface area contributed by atoms with E-state index in [1.165, 1.54) is 33.4 Å². The summed E-state index contributed by atoms with van der Waals surface area (Å²) < 4.78 is 0. The van der Waals surface area contributed by atoms with Crippen LogP contribution in [0.5, 0.6) is 0 Å².